The number of amides is 2. The van der Waals surface area contributed by atoms with Gasteiger partial charge in [0.15, 0.2) is 29.3 Å². The van der Waals surface area contributed by atoms with Crippen molar-refractivity contribution in [3.05, 3.63) is 83.7 Å². The van der Waals surface area contributed by atoms with E-state index in [1.165, 1.54) is 67.9 Å². The summed E-state index contributed by atoms with van der Waals surface area (Å²) in [5, 5.41) is 27.9. The summed E-state index contributed by atoms with van der Waals surface area (Å²) in [5.74, 6) is -3.53. The number of benzene rings is 3. The molecule has 1 aliphatic rings. The number of halogens is 2. The Bertz CT molecular complexity index is 1640. The minimum absolute atomic E-state index is 0.0922. The molecule has 1 fully saturated rings. The normalized spacial score (nSPS) is 17.2. The third-order valence-electron chi connectivity index (χ3n) is 7.08. The van der Waals surface area contributed by atoms with Gasteiger partial charge in [-0.25, -0.2) is 8.78 Å². The lowest BCUT2D eigenvalue weighted by molar-refractivity contribution is -0.577. The molecule has 206 valence electrons. The van der Waals surface area contributed by atoms with Gasteiger partial charge in [0, 0.05) is 29.6 Å². The number of phenolic OH excluding ortho intramolecular Hbond substituents is 1. The summed E-state index contributed by atoms with van der Waals surface area (Å²) in [6.07, 6.45) is 1.18. The van der Waals surface area contributed by atoms with Crippen LogP contribution in [0.15, 0.2) is 66.9 Å². The Morgan fingerprint density at radius 1 is 0.900 bits per heavy atom. The van der Waals surface area contributed by atoms with E-state index >= 15 is 4.39 Å². The second kappa shape index (κ2) is 9.99. The molecule has 0 unspecified atom stereocenters. The smallest absolute Gasteiger partial charge is 0.231 e. The molecule has 0 radical (unpaired) electrons. The first-order chi connectivity index (χ1) is 19.0. The van der Waals surface area contributed by atoms with Crippen molar-refractivity contribution in [2.24, 2.45) is 17.3 Å². The van der Waals surface area contributed by atoms with Crippen LogP contribution < -0.4 is 24.8 Å². The summed E-state index contributed by atoms with van der Waals surface area (Å²) < 4.78 is 39.5. The predicted molar refractivity (Wildman–Crippen MR) is 142 cm³/mol. The quantitative estimate of drug-likeness (QED) is 0.218. The van der Waals surface area contributed by atoms with Crippen LogP contribution in [0.2, 0.25) is 0 Å². The van der Waals surface area contributed by atoms with Crippen molar-refractivity contribution in [1.82, 2.24) is 0 Å². The summed E-state index contributed by atoms with van der Waals surface area (Å²) >= 11 is 0. The summed E-state index contributed by atoms with van der Waals surface area (Å²) in [7, 11) is 1.35. The van der Waals surface area contributed by atoms with Gasteiger partial charge in [-0.05, 0) is 41.8 Å². The van der Waals surface area contributed by atoms with Gasteiger partial charge in [0.05, 0.1) is 30.4 Å². The fourth-order valence-electron chi connectivity index (χ4n) is 4.86. The Balaban J connectivity index is 1.29. The second-order valence-corrected chi connectivity index (χ2v) is 10.1. The standard InChI is InChI=1S/C29H25F2N3O6/c1-29(2)25(27(36)32-16-6-4-15(30)5-7-16)26(29)28(37)33-17-8-9-23(19(31)12-17)40-22-10-11-34(38)20-14-24(39-3)21(35)13-18(20)22/h4-14,25-26,35H,1-3H3,(H,32,36)(H,33,37)/t25-,26+/m0/s1. The van der Waals surface area contributed by atoms with Crippen LogP contribution in [-0.2, 0) is 9.59 Å². The van der Waals surface area contributed by atoms with Gasteiger partial charge in [0.25, 0.3) is 0 Å². The van der Waals surface area contributed by atoms with Gasteiger partial charge in [-0.1, -0.05) is 13.8 Å². The Labute approximate surface area is 227 Å². The molecule has 40 heavy (non-hydrogen) atoms. The highest BCUT2D eigenvalue weighted by molar-refractivity contribution is 6.04. The number of carbonyl (C=O) groups is 2. The summed E-state index contributed by atoms with van der Waals surface area (Å²) in [4.78, 5) is 25.8. The molecule has 5 rings (SSSR count). The second-order valence-electron chi connectivity index (χ2n) is 10.1. The number of nitrogens with one attached hydrogen (secondary N) is 2. The zero-order valence-electron chi connectivity index (χ0n) is 21.7. The van der Waals surface area contributed by atoms with E-state index in [-0.39, 0.29) is 45.5 Å². The molecule has 2 atom stereocenters. The van der Waals surface area contributed by atoms with Crippen LogP contribution in [0.5, 0.6) is 23.0 Å². The SMILES string of the molecule is COc1cc2c(cc1O)c(Oc1ccc(NC(=O)[C@H]3[C@@H](C(=O)Nc4ccc(F)cc4)C3(C)C)cc1F)cc[n+]2[O-]. The molecule has 11 heteroatoms. The van der Waals surface area contributed by atoms with Crippen molar-refractivity contribution in [3.63, 3.8) is 0 Å². The molecule has 0 aliphatic heterocycles. The number of fused-ring (bicyclic) bond motifs is 1. The fourth-order valence-corrected chi connectivity index (χ4v) is 4.86. The van der Waals surface area contributed by atoms with Crippen LogP contribution in [-0.4, -0.2) is 24.0 Å². The van der Waals surface area contributed by atoms with E-state index in [1.807, 2.05) is 0 Å². The number of carbonyl (C=O) groups excluding carboxylic acids is 2. The highest BCUT2D eigenvalue weighted by atomic mass is 19.1. The Morgan fingerprint density at radius 2 is 1.52 bits per heavy atom. The largest absolute Gasteiger partial charge is 0.618 e. The zero-order valence-corrected chi connectivity index (χ0v) is 21.7. The lowest BCUT2D eigenvalue weighted by Crippen LogP contribution is -2.26. The Kier molecular flexibility index (Phi) is 6.66. The first-order valence-electron chi connectivity index (χ1n) is 12.3. The molecule has 0 bridgehead atoms. The van der Waals surface area contributed by atoms with Gasteiger partial charge < -0.3 is 30.4 Å². The summed E-state index contributed by atoms with van der Waals surface area (Å²) in [6, 6.07) is 13.1. The average molecular weight is 550 g/mol. The maximum absolute atomic E-state index is 15.0. The number of aromatic hydroxyl groups is 1. The van der Waals surface area contributed by atoms with Crippen molar-refractivity contribution >= 4 is 34.1 Å². The van der Waals surface area contributed by atoms with E-state index in [9.17, 15) is 24.3 Å². The van der Waals surface area contributed by atoms with Gasteiger partial charge in [-0.15, -0.1) is 0 Å². The zero-order chi connectivity index (χ0) is 28.8. The number of hydrogen-bond donors (Lipinski definition) is 3. The molecule has 1 heterocycles. The Morgan fingerprint density at radius 3 is 2.15 bits per heavy atom. The molecule has 3 aromatic carbocycles. The topological polar surface area (TPSA) is 124 Å². The molecule has 4 aromatic rings. The molecular formula is C29H25F2N3O6. The first-order valence-corrected chi connectivity index (χ1v) is 12.3. The summed E-state index contributed by atoms with van der Waals surface area (Å²) in [6.45, 7) is 3.57. The highest BCUT2D eigenvalue weighted by Crippen LogP contribution is 2.59. The van der Waals surface area contributed by atoms with Gasteiger partial charge >= 0.3 is 0 Å². The molecule has 2 amide bonds. The van der Waals surface area contributed by atoms with Crippen LogP contribution in [0.4, 0.5) is 20.2 Å². The number of rotatable bonds is 7. The molecule has 1 aromatic heterocycles. The van der Waals surface area contributed by atoms with Crippen LogP contribution in [0.25, 0.3) is 10.9 Å². The van der Waals surface area contributed by atoms with E-state index in [2.05, 4.69) is 10.6 Å². The van der Waals surface area contributed by atoms with Crippen molar-refractivity contribution in [3.8, 4) is 23.0 Å². The molecular weight excluding hydrogens is 524 g/mol. The molecule has 0 saturated heterocycles. The van der Waals surface area contributed by atoms with Crippen LogP contribution in [0.1, 0.15) is 13.8 Å². The number of phenols is 1. The average Bonchev–Trinajstić information content (AvgIpc) is 3.50. The van der Waals surface area contributed by atoms with E-state index in [4.69, 9.17) is 9.47 Å². The van der Waals surface area contributed by atoms with Crippen LogP contribution in [0.3, 0.4) is 0 Å². The molecule has 9 nitrogen and oxygen atoms in total. The van der Waals surface area contributed by atoms with Gasteiger partial charge in [-0.2, -0.15) is 4.73 Å². The lowest BCUT2D eigenvalue weighted by Gasteiger charge is -2.12. The lowest BCUT2D eigenvalue weighted by atomic mass is 10.1. The van der Waals surface area contributed by atoms with E-state index in [1.54, 1.807) is 13.8 Å². The molecule has 3 N–H and O–H groups in total. The number of hydrogen-bond acceptors (Lipinski definition) is 6. The number of methoxy groups -OCH3 is 1. The maximum atomic E-state index is 15.0. The van der Waals surface area contributed by atoms with E-state index in [0.717, 1.165) is 6.07 Å². The number of nitrogens with zero attached hydrogens (tertiary/aromatic N) is 1. The third kappa shape index (κ3) is 4.93. The molecule has 0 spiro atoms. The minimum Gasteiger partial charge on any atom is -0.618 e. The van der Waals surface area contributed by atoms with E-state index < -0.39 is 34.8 Å². The number of anilines is 2. The highest BCUT2D eigenvalue weighted by Gasteiger charge is 2.65. The third-order valence-corrected chi connectivity index (χ3v) is 7.08. The predicted octanol–water partition coefficient (Wildman–Crippen LogP) is 5.11. The minimum atomic E-state index is -0.789. The van der Waals surface area contributed by atoms with Crippen molar-refractivity contribution in [2.45, 2.75) is 13.8 Å². The monoisotopic (exact) mass is 549 g/mol. The van der Waals surface area contributed by atoms with Gasteiger partial charge in [-0.3, -0.25) is 9.59 Å². The van der Waals surface area contributed by atoms with Crippen molar-refractivity contribution in [2.75, 3.05) is 17.7 Å². The maximum Gasteiger partial charge on any atom is 0.231 e. The molecule has 1 aliphatic carbocycles. The summed E-state index contributed by atoms with van der Waals surface area (Å²) in [5.41, 5.74) is 0.0718. The number of ether oxygens (including phenoxy) is 2. The number of pyridine rings is 1. The van der Waals surface area contributed by atoms with Crippen LogP contribution >= 0.6 is 0 Å². The van der Waals surface area contributed by atoms with E-state index in [0.29, 0.717) is 10.4 Å². The fraction of sp³-hybridized carbons (Fsp3) is 0.207. The molecule has 1 saturated carbocycles. The Hall–Kier alpha value is -4.93. The first kappa shape index (κ1) is 26.7. The van der Waals surface area contributed by atoms with Gasteiger partial charge in [0.1, 0.15) is 11.6 Å². The van der Waals surface area contributed by atoms with Crippen molar-refractivity contribution in [1.29, 1.82) is 0 Å². The van der Waals surface area contributed by atoms with Crippen LogP contribution in [0, 0.1) is 34.1 Å². The van der Waals surface area contributed by atoms with Gasteiger partial charge in [0.2, 0.25) is 17.3 Å². The number of aromatic nitrogens is 1. The van der Waals surface area contributed by atoms with Crippen molar-refractivity contribution < 1.29 is 37.7 Å².